The molecule has 0 aliphatic heterocycles. The quantitative estimate of drug-likeness (QED) is 0.0768. The number of methoxy groups -OCH3 is 3. The summed E-state index contributed by atoms with van der Waals surface area (Å²) in [5, 5.41) is 0. The van der Waals surface area contributed by atoms with Crippen molar-refractivity contribution in [3.05, 3.63) is 71.8 Å². The van der Waals surface area contributed by atoms with E-state index in [2.05, 4.69) is 11.3 Å². The van der Waals surface area contributed by atoms with Gasteiger partial charge in [0.15, 0.2) is 23.0 Å². The van der Waals surface area contributed by atoms with Gasteiger partial charge in [-0.05, 0) is 80.2 Å². The van der Waals surface area contributed by atoms with Gasteiger partial charge in [0, 0.05) is 24.1 Å². The first kappa shape index (κ1) is 35.5. The minimum Gasteiger partial charge on any atom is -0.493 e. The summed E-state index contributed by atoms with van der Waals surface area (Å²) in [7, 11) is 4.40. The van der Waals surface area contributed by atoms with Gasteiger partial charge in [-0.2, -0.15) is 0 Å². The zero-order valence-electron chi connectivity index (χ0n) is 25.9. The molecule has 10 nitrogen and oxygen atoms in total. The van der Waals surface area contributed by atoms with Crippen LogP contribution in [0.3, 0.4) is 0 Å². The highest BCUT2D eigenvalue weighted by molar-refractivity contribution is 5.88. The highest BCUT2D eigenvalue weighted by Crippen LogP contribution is 2.30. The molecule has 2 aromatic carbocycles. The van der Waals surface area contributed by atoms with Crippen molar-refractivity contribution < 1.29 is 47.5 Å². The van der Waals surface area contributed by atoms with Crippen LogP contribution in [0.1, 0.15) is 50.2 Å². The Morgan fingerprint density at radius 2 is 1.14 bits per heavy atom. The zero-order chi connectivity index (χ0) is 32.2. The summed E-state index contributed by atoms with van der Waals surface area (Å²) in [6, 6.07) is 10.7. The minimum absolute atomic E-state index is 0.182. The molecule has 0 aromatic heterocycles. The van der Waals surface area contributed by atoms with E-state index >= 15 is 0 Å². The molecule has 0 saturated heterocycles. The average Bonchev–Trinajstić information content (AvgIpc) is 3.03. The Kier molecular flexibility index (Phi) is 16.3. The standard InChI is InChI=1S/C34H42O10/c1-25(2)34(37)44-20-9-7-6-8-19-41-28-15-12-27(24-30(28)38-3)14-18-33(36)43-22-10-21-42-29-16-11-26(23-31(29)39-4)13-17-32(35)40-5/h11-18,23-24H,1,6-10,19-22H2,2-5H3. The van der Waals surface area contributed by atoms with Crippen LogP contribution in [0.5, 0.6) is 23.0 Å². The van der Waals surface area contributed by atoms with Gasteiger partial charge in [-0.3, -0.25) is 0 Å². The van der Waals surface area contributed by atoms with Crippen LogP contribution < -0.4 is 18.9 Å². The summed E-state index contributed by atoms with van der Waals surface area (Å²) in [6.07, 6.45) is 9.94. The van der Waals surface area contributed by atoms with E-state index in [1.165, 1.54) is 26.4 Å². The first-order chi connectivity index (χ1) is 21.3. The summed E-state index contributed by atoms with van der Waals surface area (Å²) in [6.45, 7) is 6.60. The fourth-order valence-electron chi connectivity index (χ4n) is 3.70. The van der Waals surface area contributed by atoms with E-state index in [0.717, 1.165) is 36.8 Å². The van der Waals surface area contributed by atoms with Crippen LogP contribution in [0.4, 0.5) is 0 Å². The lowest BCUT2D eigenvalue weighted by Gasteiger charge is -2.11. The SMILES string of the molecule is C=C(C)C(=O)OCCCCCCOc1ccc(C=CC(=O)OCCCOc2ccc(C=CC(=O)OC)cc2OC)cc1OC. The van der Waals surface area contributed by atoms with Gasteiger partial charge < -0.3 is 33.2 Å². The second-order valence-corrected chi connectivity index (χ2v) is 9.56. The molecule has 44 heavy (non-hydrogen) atoms. The van der Waals surface area contributed by atoms with E-state index in [1.54, 1.807) is 56.5 Å². The fourth-order valence-corrected chi connectivity index (χ4v) is 3.70. The number of hydrogen-bond acceptors (Lipinski definition) is 10. The van der Waals surface area contributed by atoms with E-state index in [4.69, 9.17) is 28.4 Å². The second-order valence-electron chi connectivity index (χ2n) is 9.56. The molecule has 0 N–H and O–H groups in total. The predicted molar refractivity (Wildman–Crippen MR) is 167 cm³/mol. The molecule has 0 bridgehead atoms. The van der Waals surface area contributed by atoms with Gasteiger partial charge in [-0.15, -0.1) is 0 Å². The molecule has 0 saturated carbocycles. The van der Waals surface area contributed by atoms with Crippen molar-refractivity contribution in [3.63, 3.8) is 0 Å². The fraction of sp³-hybridized carbons (Fsp3) is 0.382. The van der Waals surface area contributed by atoms with E-state index < -0.39 is 11.9 Å². The van der Waals surface area contributed by atoms with Gasteiger partial charge in [-0.25, -0.2) is 14.4 Å². The third-order valence-electron chi connectivity index (χ3n) is 6.07. The lowest BCUT2D eigenvalue weighted by molar-refractivity contribution is -0.139. The van der Waals surface area contributed by atoms with Gasteiger partial charge in [-0.1, -0.05) is 18.7 Å². The molecule has 0 spiro atoms. The number of unbranched alkanes of at least 4 members (excludes halogenated alkanes) is 3. The van der Waals surface area contributed by atoms with Crippen molar-refractivity contribution in [1.29, 1.82) is 0 Å². The van der Waals surface area contributed by atoms with E-state index in [1.807, 2.05) is 6.07 Å². The van der Waals surface area contributed by atoms with E-state index in [0.29, 0.717) is 54.8 Å². The summed E-state index contributed by atoms with van der Waals surface area (Å²) >= 11 is 0. The Morgan fingerprint density at radius 3 is 1.66 bits per heavy atom. The Hall–Kier alpha value is -4.73. The van der Waals surface area contributed by atoms with E-state index in [9.17, 15) is 14.4 Å². The van der Waals surface area contributed by atoms with Gasteiger partial charge in [0.05, 0.1) is 47.8 Å². The number of carbonyl (C=O) groups is 3. The Balaban J connectivity index is 1.69. The summed E-state index contributed by atoms with van der Waals surface area (Å²) in [5.41, 5.74) is 1.92. The highest BCUT2D eigenvalue weighted by atomic mass is 16.5. The van der Waals surface area contributed by atoms with Crippen LogP contribution in [0.2, 0.25) is 0 Å². The number of carbonyl (C=O) groups excluding carboxylic acids is 3. The molecule has 238 valence electrons. The number of benzene rings is 2. The van der Waals surface area contributed by atoms with Crippen LogP contribution in [-0.4, -0.2) is 65.7 Å². The zero-order valence-corrected chi connectivity index (χ0v) is 25.9. The molecule has 0 amide bonds. The maximum absolute atomic E-state index is 12.2. The van der Waals surface area contributed by atoms with Gasteiger partial charge >= 0.3 is 17.9 Å². The third-order valence-corrected chi connectivity index (χ3v) is 6.07. The number of esters is 3. The van der Waals surface area contributed by atoms with Crippen molar-refractivity contribution >= 4 is 30.1 Å². The Labute approximate surface area is 259 Å². The van der Waals surface area contributed by atoms with Crippen molar-refractivity contribution in [1.82, 2.24) is 0 Å². The van der Waals surface area contributed by atoms with Crippen LogP contribution in [0.25, 0.3) is 12.2 Å². The van der Waals surface area contributed by atoms with Crippen LogP contribution in [0.15, 0.2) is 60.7 Å². The maximum Gasteiger partial charge on any atom is 0.333 e. The topological polar surface area (TPSA) is 116 Å². The molecule has 0 atom stereocenters. The molecule has 0 unspecified atom stereocenters. The van der Waals surface area contributed by atoms with Gasteiger partial charge in [0.2, 0.25) is 0 Å². The third kappa shape index (κ3) is 13.5. The van der Waals surface area contributed by atoms with Crippen molar-refractivity contribution in [3.8, 4) is 23.0 Å². The average molecular weight is 611 g/mol. The summed E-state index contributed by atoms with van der Waals surface area (Å²) < 4.78 is 37.4. The Bertz CT molecular complexity index is 1290. The van der Waals surface area contributed by atoms with Crippen molar-refractivity contribution in [2.75, 3.05) is 47.8 Å². The lowest BCUT2D eigenvalue weighted by atomic mass is 10.2. The maximum atomic E-state index is 12.2. The Morgan fingerprint density at radius 1 is 0.636 bits per heavy atom. The van der Waals surface area contributed by atoms with Crippen LogP contribution in [-0.2, 0) is 28.6 Å². The van der Waals surface area contributed by atoms with Crippen LogP contribution in [0, 0.1) is 0 Å². The van der Waals surface area contributed by atoms with Crippen molar-refractivity contribution in [2.24, 2.45) is 0 Å². The molecule has 2 rings (SSSR count). The smallest absolute Gasteiger partial charge is 0.333 e. The monoisotopic (exact) mass is 610 g/mol. The molecule has 0 aliphatic carbocycles. The largest absolute Gasteiger partial charge is 0.493 e. The van der Waals surface area contributed by atoms with Crippen LogP contribution >= 0.6 is 0 Å². The molecule has 0 radical (unpaired) electrons. The van der Waals surface area contributed by atoms with E-state index in [-0.39, 0.29) is 12.6 Å². The molecular weight excluding hydrogens is 568 g/mol. The summed E-state index contributed by atoms with van der Waals surface area (Å²) in [5.74, 6) is 0.950. The lowest BCUT2D eigenvalue weighted by Crippen LogP contribution is -2.07. The minimum atomic E-state index is -0.474. The van der Waals surface area contributed by atoms with Gasteiger partial charge in [0.25, 0.3) is 0 Å². The van der Waals surface area contributed by atoms with Crippen molar-refractivity contribution in [2.45, 2.75) is 39.0 Å². The van der Waals surface area contributed by atoms with Gasteiger partial charge in [0.1, 0.15) is 0 Å². The number of rotatable bonds is 20. The summed E-state index contributed by atoms with van der Waals surface area (Å²) in [4.78, 5) is 34.8. The molecule has 10 heteroatoms. The molecular formula is C34H42O10. The highest BCUT2D eigenvalue weighted by Gasteiger charge is 2.08. The number of ether oxygens (including phenoxy) is 7. The first-order valence-corrected chi connectivity index (χ1v) is 14.3. The molecule has 0 aliphatic rings. The normalized spacial score (nSPS) is 10.8. The molecule has 2 aromatic rings. The number of hydrogen-bond donors (Lipinski definition) is 0. The molecule has 0 heterocycles. The second kappa shape index (κ2) is 20.2. The molecule has 0 fully saturated rings. The first-order valence-electron chi connectivity index (χ1n) is 14.3. The predicted octanol–water partition coefficient (Wildman–Crippen LogP) is 5.97.